The summed E-state index contributed by atoms with van der Waals surface area (Å²) in [6.07, 6.45) is 3.36. The summed E-state index contributed by atoms with van der Waals surface area (Å²) in [4.78, 5) is 35.5. The van der Waals surface area contributed by atoms with Crippen LogP contribution in [0, 0.1) is 13.8 Å². The van der Waals surface area contributed by atoms with Gasteiger partial charge in [-0.25, -0.2) is 4.98 Å². The van der Waals surface area contributed by atoms with Crippen molar-refractivity contribution < 1.29 is 9.90 Å². The molecule has 0 unspecified atom stereocenters. The van der Waals surface area contributed by atoms with E-state index in [0.717, 1.165) is 48.2 Å². The van der Waals surface area contributed by atoms with E-state index in [0.29, 0.717) is 22.3 Å². The van der Waals surface area contributed by atoms with Gasteiger partial charge in [-0.1, -0.05) is 18.2 Å². The van der Waals surface area contributed by atoms with Crippen molar-refractivity contribution in [1.29, 1.82) is 0 Å². The highest BCUT2D eigenvalue weighted by molar-refractivity contribution is 6.09. The molecule has 4 aromatic rings. The van der Waals surface area contributed by atoms with Gasteiger partial charge >= 0.3 is 0 Å². The third-order valence-corrected chi connectivity index (χ3v) is 6.80. The second kappa shape index (κ2) is 8.78. The fourth-order valence-electron chi connectivity index (χ4n) is 4.87. The number of benzene rings is 2. The largest absolute Gasteiger partial charge is 0.507 e. The van der Waals surface area contributed by atoms with Crippen LogP contribution in [0.2, 0.25) is 0 Å². The van der Waals surface area contributed by atoms with E-state index in [1.165, 1.54) is 0 Å². The van der Waals surface area contributed by atoms with Crippen LogP contribution in [0.1, 0.15) is 51.4 Å². The number of piperidine rings is 1. The van der Waals surface area contributed by atoms with E-state index in [4.69, 9.17) is 0 Å². The topological polar surface area (TPSA) is 86.3 Å². The number of nitrogens with zero attached hydrogens (tertiary/aromatic N) is 2. The van der Waals surface area contributed by atoms with Gasteiger partial charge in [0.15, 0.2) is 5.78 Å². The number of phenolic OH excluding ortho intramolecular Hbond substituents is 1. The Morgan fingerprint density at radius 2 is 1.71 bits per heavy atom. The Morgan fingerprint density at radius 3 is 2.44 bits per heavy atom. The lowest BCUT2D eigenvalue weighted by molar-refractivity contribution is 0.103. The normalized spacial score (nSPS) is 14.5. The van der Waals surface area contributed by atoms with Crippen LogP contribution in [0.5, 0.6) is 5.75 Å². The van der Waals surface area contributed by atoms with Crippen molar-refractivity contribution in [3.8, 4) is 5.75 Å². The van der Waals surface area contributed by atoms with Gasteiger partial charge < -0.3 is 15.0 Å². The number of ketones is 1. The van der Waals surface area contributed by atoms with Crippen LogP contribution < -0.4 is 10.5 Å². The predicted octanol–water partition coefficient (Wildman–Crippen LogP) is 4.86. The number of carbonyl (C=O) groups is 1. The molecule has 0 spiro atoms. The molecule has 2 aromatic carbocycles. The number of aromatic amines is 1. The predicted molar refractivity (Wildman–Crippen MR) is 134 cm³/mol. The molecule has 1 aliphatic rings. The fourth-order valence-corrected chi connectivity index (χ4v) is 4.87. The molecule has 0 atom stereocenters. The Morgan fingerprint density at radius 1 is 1.00 bits per heavy atom. The number of pyridine rings is 2. The molecular formula is C28H27N3O3. The second-order valence-electron chi connectivity index (χ2n) is 9.09. The number of hydrogen-bond donors (Lipinski definition) is 2. The third-order valence-electron chi connectivity index (χ3n) is 6.80. The lowest BCUT2D eigenvalue weighted by Crippen LogP contribution is -2.35. The summed E-state index contributed by atoms with van der Waals surface area (Å²) < 4.78 is 0. The van der Waals surface area contributed by atoms with Crippen molar-refractivity contribution in [3.05, 3.63) is 99.0 Å². The number of hydrogen-bond acceptors (Lipinski definition) is 5. The molecule has 3 heterocycles. The Kier molecular flexibility index (Phi) is 5.65. The molecule has 0 aliphatic carbocycles. The minimum atomic E-state index is -0.0903. The summed E-state index contributed by atoms with van der Waals surface area (Å²) in [5, 5.41) is 11.1. The highest BCUT2D eigenvalue weighted by atomic mass is 16.3. The zero-order valence-electron chi connectivity index (χ0n) is 19.3. The van der Waals surface area contributed by atoms with Gasteiger partial charge in [0.05, 0.1) is 0 Å². The molecule has 34 heavy (non-hydrogen) atoms. The number of rotatable bonds is 4. The zero-order valence-corrected chi connectivity index (χ0v) is 19.3. The number of fused-ring (bicyclic) bond motifs is 1. The maximum absolute atomic E-state index is 13.1. The van der Waals surface area contributed by atoms with Crippen molar-refractivity contribution in [3.63, 3.8) is 0 Å². The number of anilines is 1. The van der Waals surface area contributed by atoms with Crippen LogP contribution >= 0.6 is 0 Å². The average molecular weight is 454 g/mol. The van der Waals surface area contributed by atoms with Gasteiger partial charge in [-0.2, -0.15) is 0 Å². The maximum atomic E-state index is 13.1. The maximum Gasteiger partial charge on any atom is 0.251 e. The Bertz CT molecular complexity index is 1430. The molecule has 0 amide bonds. The zero-order chi connectivity index (χ0) is 23.8. The Labute approximate surface area is 197 Å². The van der Waals surface area contributed by atoms with Crippen LogP contribution in [0.3, 0.4) is 0 Å². The van der Waals surface area contributed by atoms with Crippen molar-refractivity contribution in [1.82, 2.24) is 9.97 Å². The van der Waals surface area contributed by atoms with Gasteiger partial charge in [0.1, 0.15) is 11.6 Å². The molecule has 0 radical (unpaired) electrons. The number of H-pyrrole nitrogens is 1. The monoisotopic (exact) mass is 453 g/mol. The minimum Gasteiger partial charge on any atom is -0.507 e. The van der Waals surface area contributed by atoms with E-state index in [2.05, 4.69) is 14.9 Å². The summed E-state index contributed by atoms with van der Waals surface area (Å²) in [6.45, 7) is 5.11. The lowest BCUT2D eigenvalue weighted by Gasteiger charge is -2.33. The van der Waals surface area contributed by atoms with Crippen LogP contribution in [0.4, 0.5) is 5.82 Å². The number of aromatic hydroxyl groups is 1. The van der Waals surface area contributed by atoms with Gasteiger partial charge in [-0.3, -0.25) is 9.59 Å². The molecular weight excluding hydrogens is 426 g/mol. The standard InChI is InChI=1S/C28H27N3O3/c1-17-13-22(14-18(2)26(17)32)27(33)21-7-10-29-25(16-21)31-11-8-19(9-12-31)23-15-20-5-3-4-6-24(20)30-28(23)34/h3-7,10,13-16,19,32H,8-9,11-12H2,1-2H3,(H,30,34). The SMILES string of the molecule is Cc1cc(C(=O)c2ccnc(N3CCC(c4cc5ccccc5[nH]c4=O)CC3)c2)cc(C)c1O. The first kappa shape index (κ1) is 21.9. The molecule has 1 aliphatic heterocycles. The number of para-hydroxylation sites is 1. The molecule has 5 rings (SSSR count). The highest BCUT2D eigenvalue weighted by Crippen LogP contribution is 2.30. The van der Waals surface area contributed by atoms with Crippen LogP contribution in [-0.2, 0) is 0 Å². The lowest BCUT2D eigenvalue weighted by atomic mass is 9.89. The van der Waals surface area contributed by atoms with Gasteiger partial charge in [0.25, 0.3) is 5.56 Å². The van der Waals surface area contributed by atoms with Gasteiger partial charge in [0, 0.05) is 41.5 Å². The van der Waals surface area contributed by atoms with E-state index in [1.807, 2.05) is 36.4 Å². The smallest absolute Gasteiger partial charge is 0.251 e. The van der Waals surface area contributed by atoms with Crippen molar-refractivity contribution >= 4 is 22.5 Å². The van der Waals surface area contributed by atoms with Crippen molar-refractivity contribution in [2.75, 3.05) is 18.0 Å². The first-order chi connectivity index (χ1) is 16.4. The number of carbonyl (C=O) groups excluding carboxylic acids is 1. The number of aryl methyl sites for hydroxylation is 2. The minimum absolute atomic E-state index is 0.0117. The molecule has 1 saturated heterocycles. The third kappa shape index (κ3) is 4.07. The Balaban J connectivity index is 1.33. The van der Waals surface area contributed by atoms with E-state index < -0.39 is 0 Å². The van der Waals surface area contributed by atoms with Crippen LogP contribution in [0.15, 0.2) is 65.6 Å². The molecule has 1 fully saturated rings. The average Bonchev–Trinajstić information content (AvgIpc) is 2.86. The number of phenols is 1. The summed E-state index contributed by atoms with van der Waals surface area (Å²) in [7, 11) is 0. The first-order valence-corrected chi connectivity index (χ1v) is 11.6. The van der Waals surface area contributed by atoms with Gasteiger partial charge in [-0.05, 0) is 85.5 Å². The van der Waals surface area contributed by atoms with E-state index in [1.54, 1.807) is 38.2 Å². The second-order valence-corrected chi connectivity index (χ2v) is 9.09. The molecule has 0 bridgehead atoms. The summed E-state index contributed by atoms with van der Waals surface area (Å²) in [5.74, 6) is 1.09. The van der Waals surface area contributed by atoms with Crippen molar-refractivity contribution in [2.45, 2.75) is 32.6 Å². The molecule has 2 N–H and O–H groups in total. The highest BCUT2D eigenvalue weighted by Gasteiger charge is 2.24. The number of nitrogens with one attached hydrogen (secondary N) is 1. The van der Waals surface area contributed by atoms with Crippen LogP contribution in [-0.4, -0.2) is 33.9 Å². The van der Waals surface area contributed by atoms with E-state index in [9.17, 15) is 14.7 Å². The molecule has 2 aromatic heterocycles. The molecule has 6 heteroatoms. The van der Waals surface area contributed by atoms with E-state index >= 15 is 0 Å². The van der Waals surface area contributed by atoms with Crippen molar-refractivity contribution in [2.24, 2.45) is 0 Å². The molecule has 6 nitrogen and oxygen atoms in total. The summed E-state index contributed by atoms with van der Waals surface area (Å²) in [6, 6.07) is 16.9. The van der Waals surface area contributed by atoms with Crippen LogP contribution in [0.25, 0.3) is 10.9 Å². The number of aromatic nitrogens is 2. The van der Waals surface area contributed by atoms with Gasteiger partial charge in [0.2, 0.25) is 0 Å². The summed E-state index contributed by atoms with van der Waals surface area (Å²) >= 11 is 0. The Hall–Kier alpha value is -3.93. The quantitative estimate of drug-likeness (QED) is 0.431. The molecule has 172 valence electrons. The van der Waals surface area contributed by atoms with E-state index in [-0.39, 0.29) is 23.0 Å². The first-order valence-electron chi connectivity index (χ1n) is 11.6. The summed E-state index contributed by atoms with van der Waals surface area (Å²) in [5.41, 5.74) is 4.18. The van der Waals surface area contributed by atoms with Gasteiger partial charge in [-0.15, -0.1) is 0 Å². The fraction of sp³-hybridized carbons (Fsp3) is 0.250. The molecule has 0 saturated carbocycles.